The molecule has 0 aliphatic rings. The van der Waals surface area contributed by atoms with Crippen LogP contribution in [0.15, 0.2) is 54.9 Å². The Morgan fingerprint density at radius 3 is 2.43 bits per heavy atom. The molecule has 3 aromatic rings. The van der Waals surface area contributed by atoms with Crippen LogP contribution in [0.3, 0.4) is 0 Å². The summed E-state index contributed by atoms with van der Waals surface area (Å²) in [5, 5.41) is 5.07. The van der Waals surface area contributed by atoms with E-state index in [1.807, 2.05) is 0 Å². The van der Waals surface area contributed by atoms with E-state index in [0.29, 0.717) is 5.69 Å². The summed E-state index contributed by atoms with van der Waals surface area (Å²) in [6, 6.07) is 10.8. The maximum atomic E-state index is 13.8. The Labute approximate surface area is 158 Å². The summed E-state index contributed by atoms with van der Waals surface area (Å²) in [6.07, 6.45) is 1.08. The molecule has 142 valence electrons. The van der Waals surface area contributed by atoms with E-state index in [2.05, 4.69) is 25.3 Å². The molecule has 0 unspecified atom stereocenters. The van der Waals surface area contributed by atoms with Gasteiger partial charge < -0.3 is 15.4 Å². The van der Waals surface area contributed by atoms with Gasteiger partial charge in [0.2, 0.25) is 0 Å². The number of amides is 1. The van der Waals surface area contributed by atoms with Gasteiger partial charge in [-0.15, -0.1) is 0 Å². The van der Waals surface area contributed by atoms with Crippen molar-refractivity contribution < 1.29 is 23.1 Å². The van der Waals surface area contributed by atoms with Crippen LogP contribution in [0.25, 0.3) is 0 Å². The number of benzene rings is 2. The molecule has 0 spiro atoms. The Morgan fingerprint density at radius 2 is 1.71 bits per heavy atom. The zero-order valence-corrected chi connectivity index (χ0v) is 14.6. The second kappa shape index (κ2) is 8.21. The number of esters is 1. The third-order valence-corrected chi connectivity index (χ3v) is 3.66. The van der Waals surface area contributed by atoms with Crippen molar-refractivity contribution in [2.45, 2.75) is 0 Å². The van der Waals surface area contributed by atoms with Gasteiger partial charge in [0.15, 0.2) is 0 Å². The maximum absolute atomic E-state index is 13.8. The lowest BCUT2D eigenvalue weighted by Gasteiger charge is -2.09. The lowest BCUT2D eigenvalue weighted by Crippen LogP contribution is -2.15. The predicted molar refractivity (Wildman–Crippen MR) is 97.4 cm³/mol. The van der Waals surface area contributed by atoms with Crippen molar-refractivity contribution in [2.75, 3.05) is 17.7 Å². The molecule has 0 fully saturated rings. The molecular weight excluding hydrogens is 370 g/mol. The number of aromatic nitrogens is 2. The molecule has 2 aromatic carbocycles. The lowest BCUT2D eigenvalue weighted by molar-refractivity contribution is 0.0600. The molecule has 0 atom stereocenters. The van der Waals surface area contributed by atoms with Gasteiger partial charge in [-0.3, -0.25) is 4.79 Å². The fraction of sp³-hybridized carbons (Fsp3) is 0.0526. The molecule has 0 saturated heterocycles. The number of ether oxygens (including phenoxy) is 1. The molecule has 2 N–H and O–H groups in total. The Balaban J connectivity index is 1.78. The van der Waals surface area contributed by atoms with Crippen molar-refractivity contribution in [1.29, 1.82) is 0 Å². The number of hydrogen-bond acceptors (Lipinski definition) is 6. The van der Waals surface area contributed by atoms with Crippen LogP contribution in [0.5, 0.6) is 0 Å². The van der Waals surface area contributed by atoms with Gasteiger partial charge in [-0.2, -0.15) is 0 Å². The molecule has 1 aromatic heterocycles. The van der Waals surface area contributed by atoms with E-state index in [4.69, 9.17) is 0 Å². The number of anilines is 3. The molecule has 3 rings (SSSR count). The van der Waals surface area contributed by atoms with Crippen LogP contribution in [-0.4, -0.2) is 29.0 Å². The van der Waals surface area contributed by atoms with Crippen LogP contribution in [0.1, 0.15) is 20.8 Å². The van der Waals surface area contributed by atoms with E-state index in [0.717, 1.165) is 18.5 Å². The number of rotatable bonds is 5. The molecule has 0 saturated carbocycles. The van der Waals surface area contributed by atoms with Crippen molar-refractivity contribution >= 4 is 29.1 Å². The topological polar surface area (TPSA) is 93.2 Å². The van der Waals surface area contributed by atoms with E-state index >= 15 is 0 Å². The van der Waals surface area contributed by atoms with Crippen LogP contribution in [0.2, 0.25) is 0 Å². The lowest BCUT2D eigenvalue weighted by atomic mass is 10.2. The monoisotopic (exact) mass is 384 g/mol. The highest BCUT2D eigenvalue weighted by molar-refractivity contribution is 6.04. The van der Waals surface area contributed by atoms with Crippen LogP contribution >= 0.6 is 0 Å². The van der Waals surface area contributed by atoms with Crippen molar-refractivity contribution in [1.82, 2.24) is 9.97 Å². The highest BCUT2D eigenvalue weighted by atomic mass is 19.1. The van der Waals surface area contributed by atoms with E-state index < -0.39 is 29.2 Å². The molecule has 0 aliphatic carbocycles. The van der Waals surface area contributed by atoms with Crippen LogP contribution in [0.4, 0.5) is 26.0 Å². The number of nitrogens with zero attached hydrogens (tertiary/aromatic N) is 2. The van der Waals surface area contributed by atoms with Gasteiger partial charge in [0, 0.05) is 11.8 Å². The van der Waals surface area contributed by atoms with Crippen molar-refractivity contribution in [3.05, 3.63) is 77.8 Å². The first-order valence-electron chi connectivity index (χ1n) is 8.00. The Bertz CT molecular complexity index is 1020. The van der Waals surface area contributed by atoms with Gasteiger partial charge in [-0.1, -0.05) is 12.1 Å². The Hall–Kier alpha value is -3.88. The first-order valence-corrected chi connectivity index (χ1v) is 8.00. The second-order valence-electron chi connectivity index (χ2n) is 5.54. The summed E-state index contributed by atoms with van der Waals surface area (Å²) in [7, 11) is 1.25. The predicted octanol–water partition coefficient (Wildman–Crippen LogP) is 3.54. The molecular formula is C19H14F2N4O3. The van der Waals surface area contributed by atoms with Gasteiger partial charge in [0.05, 0.1) is 12.7 Å². The fourth-order valence-electron chi connectivity index (χ4n) is 2.33. The highest BCUT2D eigenvalue weighted by Crippen LogP contribution is 2.22. The molecule has 1 amide bonds. The Kier molecular flexibility index (Phi) is 5.54. The Morgan fingerprint density at radius 1 is 1.00 bits per heavy atom. The minimum Gasteiger partial charge on any atom is -0.465 e. The molecule has 9 heteroatoms. The SMILES string of the molecule is COC(=O)c1cccc(NC(=O)c2cc(Nc3c(F)cccc3F)ncn2)c1. The summed E-state index contributed by atoms with van der Waals surface area (Å²) in [5.41, 5.74) is 0.178. The number of nitrogens with one attached hydrogen (secondary N) is 2. The molecule has 28 heavy (non-hydrogen) atoms. The summed E-state index contributed by atoms with van der Waals surface area (Å²) in [5.74, 6) is -2.71. The van der Waals surface area contributed by atoms with Gasteiger partial charge >= 0.3 is 5.97 Å². The minimum absolute atomic E-state index is 0.0347. The molecule has 1 heterocycles. The first-order chi connectivity index (χ1) is 13.5. The van der Waals surface area contributed by atoms with Crippen LogP contribution in [-0.2, 0) is 4.74 Å². The van der Waals surface area contributed by atoms with E-state index in [1.165, 1.54) is 31.4 Å². The number of para-hydroxylation sites is 1. The van der Waals surface area contributed by atoms with E-state index in [1.54, 1.807) is 12.1 Å². The van der Waals surface area contributed by atoms with E-state index in [-0.39, 0.29) is 17.1 Å². The van der Waals surface area contributed by atoms with Gasteiger partial charge in [0.25, 0.3) is 5.91 Å². The molecule has 0 bridgehead atoms. The second-order valence-corrected chi connectivity index (χ2v) is 5.54. The number of carbonyl (C=O) groups excluding carboxylic acids is 2. The summed E-state index contributed by atoms with van der Waals surface area (Å²) >= 11 is 0. The average molecular weight is 384 g/mol. The molecule has 0 radical (unpaired) electrons. The van der Waals surface area contributed by atoms with Gasteiger partial charge in [-0.05, 0) is 30.3 Å². The number of carbonyl (C=O) groups is 2. The summed E-state index contributed by atoms with van der Waals surface area (Å²) < 4.78 is 32.1. The molecule has 0 aliphatic heterocycles. The largest absolute Gasteiger partial charge is 0.465 e. The first kappa shape index (κ1) is 18.9. The van der Waals surface area contributed by atoms with E-state index in [9.17, 15) is 18.4 Å². The highest BCUT2D eigenvalue weighted by Gasteiger charge is 2.13. The van der Waals surface area contributed by atoms with Crippen LogP contribution < -0.4 is 10.6 Å². The smallest absolute Gasteiger partial charge is 0.337 e. The van der Waals surface area contributed by atoms with Gasteiger partial charge in [-0.25, -0.2) is 23.5 Å². The quantitative estimate of drug-likeness (QED) is 0.654. The third kappa shape index (κ3) is 4.26. The zero-order chi connectivity index (χ0) is 20.1. The standard InChI is InChI=1S/C19H14F2N4O3/c1-28-19(27)11-4-2-5-12(8-11)24-18(26)15-9-16(23-10-22-15)25-17-13(20)6-3-7-14(17)21/h2-10H,1H3,(H,24,26)(H,22,23,25). The third-order valence-electron chi connectivity index (χ3n) is 3.66. The van der Waals surface area contributed by atoms with Gasteiger partial charge in [0.1, 0.15) is 35.2 Å². The average Bonchev–Trinajstić information content (AvgIpc) is 2.70. The maximum Gasteiger partial charge on any atom is 0.337 e. The normalized spacial score (nSPS) is 10.2. The number of hydrogen-bond donors (Lipinski definition) is 2. The number of halogens is 2. The van der Waals surface area contributed by atoms with Crippen molar-refractivity contribution in [2.24, 2.45) is 0 Å². The van der Waals surface area contributed by atoms with Crippen molar-refractivity contribution in [3.63, 3.8) is 0 Å². The number of methoxy groups -OCH3 is 1. The summed E-state index contributed by atoms with van der Waals surface area (Å²) in [6.45, 7) is 0. The fourth-order valence-corrected chi connectivity index (χ4v) is 2.33. The zero-order valence-electron chi connectivity index (χ0n) is 14.6. The molecule has 7 nitrogen and oxygen atoms in total. The minimum atomic E-state index is -0.802. The van der Waals surface area contributed by atoms with Crippen LogP contribution in [0, 0.1) is 11.6 Å². The van der Waals surface area contributed by atoms with Crippen molar-refractivity contribution in [3.8, 4) is 0 Å². The summed E-state index contributed by atoms with van der Waals surface area (Å²) in [4.78, 5) is 31.7.